The first-order chi connectivity index (χ1) is 17.0. The summed E-state index contributed by atoms with van der Waals surface area (Å²) in [5.74, 6) is 0. The molecule has 4 rings (SSSR count). The molecule has 0 spiro atoms. The Labute approximate surface area is 216 Å². The number of hydrogen-bond donors (Lipinski definition) is 2. The van der Waals surface area contributed by atoms with Crippen LogP contribution in [-0.4, -0.2) is 10.4 Å². The second kappa shape index (κ2) is 11.4. The summed E-state index contributed by atoms with van der Waals surface area (Å²) in [6, 6.07) is 24.1. The van der Waals surface area contributed by atoms with E-state index in [1.165, 1.54) is 32.4 Å². The van der Waals surface area contributed by atoms with Crippen LogP contribution in [0.2, 0.25) is 0 Å². The number of hydrogen-bond acceptors (Lipinski definition) is 4. The highest BCUT2D eigenvalue weighted by Gasteiger charge is 2.12. The van der Waals surface area contributed by atoms with E-state index in [1.807, 2.05) is 76.2 Å². The van der Waals surface area contributed by atoms with Gasteiger partial charge in [0, 0.05) is 0 Å². The summed E-state index contributed by atoms with van der Waals surface area (Å²) in [7, 11) is 0. The van der Waals surface area contributed by atoms with Crippen molar-refractivity contribution >= 4 is 22.7 Å². The highest BCUT2D eigenvalue weighted by molar-refractivity contribution is 5.67. The molecule has 0 aliphatic rings. The van der Waals surface area contributed by atoms with Crippen LogP contribution in [0, 0.1) is 55.4 Å². The standard InChI is InChI=1S/2C16H19NO/c2*1-11-5-7-15(13(3)9-11)17(18)16-8-6-12(2)10-14(16)4/h2*5-10,18H,1-4H3. The quantitative estimate of drug-likeness (QED) is 0.285. The topological polar surface area (TPSA) is 46.9 Å². The fourth-order valence-electron chi connectivity index (χ4n) is 4.43. The molecule has 4 heteroatoms. The Morgan fingerprint density at radius 3 is 0.722 bits per heavy atom. The first-order valence-corrected chi connectivity index (χ1v) is 12.2. The minimum atomic E-state index is 0.826. The molecule has 188 valence electrons. The van der Waals surface area contributed by atoms with Gasteiger partial charge in [-0.1, -0.05) is 70.8 Å². The van der Waals surface area contributed by atoms with E-state index in [0.29, 0.717) is 0 Å². The van der Waals surface area contributed by atoms with Crippen molar-refractivity contribution in [2.24, 2.45) is 0 Å². The average Bonchev–Trinajstić information content (AvgIpc) is 2.79. The molecule has 0 unspecified atom stereocenters. The van der Waals surface area contributed by atoms with Gasteiger partial charge in [-0.15, -0.1) is 0 Å². The van der Waals surface area contributed by atoms with Gasteiger partial charge in [0.15, 0.2) is 0 Å². The third kappa shape index (κ3) is 6.34. The number of benzene rings is 4. The van der Waals surface area contributed by atoms with Crippen LogP contribution in [0.4, 0.5) is 22.7 Å². The Morgan fingerprint density at radius 1 is 0.361 bits per heavy atom. The predicted octanol–water partition coefficient (Wildman–Crippen LogP) is 8.90. The number of aryl methyl sites for hydroxylation is 8. The van der Waals surface area contributed by atoms with Crippen LogP contribution in [0.3, 0.4) is 0 Å². The molecule has 0 amide bonds. The first-order valence-electron chi connectivity index (χ1n) is 12.2. The van der Waals surface area contributed by atoms with Crippen LogP contribution in [0.1, 0.15) is 44.5 Å². The smallest absolute Gasteiger partial charge is 0.0722 e. The molecule has 0 fully saturated rings. The highest BCUT2D eigenvalue weighted by atomic mass is 16.5. The van der Waals surface area contributed by atoms with Crippen LogP contribution in [0.25, 0.3) is 0 Å². The van der Waals surface area contributed by atoms with Crippen molar-refractivity contribution in [2.75, 3.05) is 10.1 Å². The van der Waals surface area contributed by atoms with E-state index < -0.39 is 0 Å². The molecular formula is C32H38N2O2. The van der Waals surface area contributed by atoms with Crippen LogP contribution in [0.5, 0.6) is 0 Å². The normalized spacial score (nSPS) is 10.5. The molecule has 0 atom stereocenters. The first kappa shape index (κ1) is 27.0. The van der Waals surface area contributed by atoms with Crippen molar-refractivity contribution in [3.05, 3.63) is 117 Å². The van der Waals surface area contributed by atoms with Gasteiger partial charge < -0.3 is 0 Å². The van der Waals surface area contributed by atoms with Crippen LogP contribution < -0.4 is 10.1 Å². The van der Waals surface area contributed by atoms with Crippen molar-refractivity contribution in [1.82, 2.24) is 0 Å². The van der Waals surface area contributed by atoms with E-state index in [4.69, 9.17) is 0 Å². The van der Waals surface area contributed by atoms with Crippen molar-refractivity contribution in [2.45, 2.75) is 55.4 Å². The molecule has 0 saturated carbocycles. The molecule has 0 aliphatic carbocycles. The van der Waals surface area contributed by atoms with Crippen LogP contribution in [-0.2, 0) is 0 Å². The van der Waals surface area contributed by atoms with Crippen molar-refractivity contribution in [3.63, 3.8) is 0 Å². The lowest BCUT2D eigenvalue weighted by atomic mass is 10.1. The van der Waals surface area contributed by atoms with Gasteiger partial charge >= 0.3 is 0 Å². The molecule has 4 nitrogen and oxygen atoms in total. The van der Waals surface area contributed by atoms with Gasteiger partial charge in [0.05, 0.1) is 22.7 Å². The number of rotatable bonds is 4. The predicted molar refractivity (Wildman–Crippen MR) is 152 cm³/mol. The average molecular weight is 483 g/mol. The van der Waals surface area contributed by atoms with Crippen molar-refractivity contribution in [1.29, 1.82) is 0 Å². The lowest BCUT2D eigenvalue weighted by Crippen LogP contribution is -2.13. The molecular weight excluding hydrogens is 444 g/mol. The number of anilines is 4. The molecule has 36 heavy (non-hydrogen) atoms. The third-order valence-electron chi connectivity index (χ3n) is 6.32. The Kier molecular flexibility index (Phi) is 8.57. The molecule has 0 aromatic heterocycles. The molecule has 0 bridgehead atoms. The maximum Gasteiger partial charge on any atom is 0.0722 e. The molecule has 0 saturated heterocycles. The van der Waals surface area contributed by atoms with Gasteiger partial charge in [-0.05, 0) is 102 Å². The van der Waals surface area contributed by atoms with E-state index in [9.17, 15) is 10.4 Å². The molecule has 2 N–H and O–H groups in total. The Bertz CT molecular complexity index is 1150. The van der Waals surface area contributed by atoms with Crippen LogP contribution in [0.15, 0.2) is 72.8 Å². The van der Waals surface area contributed by atoms with Gasteiger partial charge in [-0.25, -0.2) is 10.1 Å². The molecule has 0 radical (unpaired) electrons. The maximum absolute atomic E-state index is 10.4. The summed E-state index contributed by atoms with van der Waals surface area (Å²) in [5, 5.41) is 23.3. The zero-order valence-electron chi connectivity index (χ0n) is 22.7. The maximum atomic E-state index is 10.4. The monoisotopic (exact) mass is 482 g/mol. The van der Waals surface area contributed by atoms with E-state index in [0.717, 1.165) is 45.0 Å². The van der Waals surface area contributed by atoms with Gasteiger partial charge in [0.25, 0.3) is 0 Å². The van der Waals surface area contributed by atoms with E-state index in [2.05, 4.69) is 52.0 Å². The molecule has 4 aromatic carbocycles. The molecule has 0 heterocycles. The second-order valence-corrected chi connectivity index (χ2v) is 9.78. The zero-order valence-corrected chi connectivity index (χ0v) is 22.7. The third-order valence-corrected chi connectivity index (χ3v) is 6.32. The summed E-state index contributed by atoms with van der Waals surface area (Å²) in [6.45, 7) is 16.2. The number of nitrogens with zero attached hydrogens (tertiary/aromatic N) is 2. The van der Waals surface area contributed by atoms with Crippen LogP contribution >= 0.6 is 0 Å². The van der Waals surface area contributed by atoms with E-state index >= 15 is 0 Å². The van der Waals surface area contributed by atoms with Gasteiger partial charge in [-0.3, -0.25) is 10.4 Å². The largest absolute Gasteiger partial charge is 0.283 e. The summed E-state index contributed by atoms with van der Waals surface area (Å²) >= 11 is 0. The Morgan fingerprint density at radius 2 is 0.556 bits per heavy atom. The lowest BCUT2D eigenvalue weighted by Gasteiger charge is -2.21. The van der Waals surface area contributed by atoms with E-state index in [-0.39, 0.29) is 0 Å². The fourth-order valence-corrected chi connectivity index (χ4v) is 4.43. The summed E-state index contributed by atoms with van der Waals surface area (Å²) in [4.78, 5) is 0. The summed E-state index contributed by atoms with van der Waals surface area (Å²) in [5.41, 5.74) is 12.4. The van der Waals surface area contributed by atoms with E-state index in [1.54, 1.807) is 0 Å². The summed E-state index contributed by atoms with van der Waals surface area (Å²) < 4.78 is 0. The summed E-state index contributed by atoms with van der Waals surface area (Å²) in [6.07, 6.45) is 0. The zero-order chi connectivity index (χ0) is 26.6. The fraction of sp³-hybridized carbons (Fsp3) is 0.250. The second-order valence-electron chi connectivity index (χ2n) is 9.78. The van der Waals surface area contributed by atoms with Gasteiger partial charge in [-0.2, -0.15) is 0 Å². The molecule has 4 aromatic rings. The van der Waals surface area contributed by atoms with Crippen molar-refractivity contribution in [3.8, 4) is 0 Å². The van der Waals surface area contributed by atoms with Gasteiger partial charge in [0.2, 0.25) is 0 Å². The minimum absolute atomic E-state index is 0.826. The SMILES string of the molecule is Cc1ccc(N(O)c2ccc(C)cc2C)c(C)c1.Cc1ccc(N(O)c2ccc(C)cc2C)c(C)c1. The Hall–Kier alpha value is -3.60. The van der Waals surface area contributed by atoms with Gasteiger partial charge in [0.1, 0.15) is 0 Å². The minimum Gasteiger partial charge on any atom is -0.283 e. The Balaban J connectivity index is 0.000000201. The van der Waals surface area contributed by atoms with Crippen molar-refractivity contribution < 1.29 is 10.4 Å². The molecule has 0 aliphatic heterocycles. The lowest BCUT2D eigenvalue weighted by molar-refractivity contribution is 0.299. The highest BCUT2D eigenvalue weighted by Crippen LogP contribution is 2.31.